The van der Waals surface area contributed by atoms with Crippen LogP contribution < -0.4 is 10.6 Å². The van der Waals surface area contributed by atoms with Crippen LogP contribution in [-0.2, 0) is 9.53 Å². The summed E-state index contributed by atoms with van der Waals surface area (Å²) in [4.78, 5) is 32.3. The highest BCUT2D eigenvalue weighted by Crippen LogP contribution is 2.31. The molecule has 32 heavy (non-hydrogen) atoms. The van der Waals surface area contributed by atoms with Crippen molar-refractivity contribution in [1.29, 1.82) is 0 Å². The molecule has 2 aromatic carbocycles. The van der Waals surface area contributed by atoms with Gasteiger partial charge in [-0.15, -0.1) is 29.1 Å². The molecule has 9 heteroatoms. The zero-order valence-electron chi connectivity index (χ0n) is 17.0. The molecule has 0 saturated heterocycles. The molecule has 0 aliphatic carbocycles. The smallest absolute Gasteiger partial charge is 0.321 e. The van der Waals surface area contributed by atoms with Gasteiger partial charge in [0.15, 0.2) is 5.01 Å². The Morgan fingerprint density at radius 3 is 2.72 bits per heavy atom. The van der Waals surface area contributed by atoms with E-state index in [0.717, 1.165) is 26.9 Å². The van der Waals surface area contributed by atoms with Crippen LogP contribution >= 0.6 is 22.7 Å². The van der Waals surface area contributed by atoms with Crippen LogP contribution in [0.4, 0.5) is 10.6 Å². The van der Waals surface area contributed by atoms with Gasteiger partial charge in [0.1, 0.15) is 12.4 Å². The third-order valence-corrected chi connectivity index (χ3v) is 6.26. The maximum absolute atomic E-state index is 12.5. The molecule has 2 N–H and O–H groups in total. The number of rotatable bonds is 6. The third-order valence-electron chi connectivity index (χ3n) is 4.61. The Labute approximate surface area is 192 Å². The number of thiazole rings is 2. The quantitative estimate of drug-likeness (QED) is 0.316. The van der Waals surface area contributed by atoms with Crippen molar-refractivity contribution in [2.75, 3.05) is 11.9 Å². The van der Waals surface area contributed by atoms with E-state index in [1.54, 1.807) is 16.7 Å². The topological polar surface area (TPSA) is 93.2 Å². The maximum atomic E-state index is 12.5. The SMILES string of the molecule is C#Cc1nc(NC(=O)NC(COC(C)=O)c2ccc(-c3cccc4ncsc34)cc2)cs1. The molecule has 0 fully saturated rings. The first-order valence-corrected chi connectivity index (χ1v) is 11.3. The Morgan fingerprint density at radius 1 is 1.19 bits per heavy atom. The minimum absolute atomic E-state index is 0.000796. The van der Waals surface area contributed by atoms with Crippen molar-refractivity contribution in [1.82, 2.24) is 15.3 Å². The van der Waals surface area contributed by atoms with Crippen LogP contribution in [0.25, 0.3) is 21.3 Å². The first-order valence-electron chi connectivity index (χ1n) is 9.59. The van der Waals surface area contributed by atoms with E-state index in [0.29, 0.717) is 10.8 Å². The molecule has 2 heterocycles. The molecule has 1 unspecified atom stereocenters. The van der Waals surface area contributed by atoms with Gasteiger partial charge in [0.2, 0.25) is 0 Å². The average Bonchev–Trinajstić information content (AvgIpc) is 3.45. The van der Waals surface area contributed by atoms with E-state index in [4.69, 9.17) is 11.2 Å². The number of hydrogen-bond acceptors (Lipinski definition) is 7. The number of esters is 1. The molecule has 0 saturated carbocycles. The lowest BCUT2D eigenvalue weighted by atomic mass is 10.0. The summed E-state index contributed by atoms with van der Waals surface area (Å²) in [5.74, 6) is 2.36. The molecule has 0 aliphatic heterocycles. The Balaban J connectivity index is 1.53. The van der Waals surface area contributed by atoms with Crippen LogP contribution in [0.1, 0.15) is 23.5 Å². The van der Waals surface area contributed by atoms with E-state index in [2.05, 4.69) is 32.6 Å². The van der Waals surface area contributed by atoms with Gasteiger partial charge in [-0.25, -0.2) is 14.8 Å². The largest absolute Gasteiger partial charge is 0.463 e. The highest BCUT2D eigenvalue weighted by molar-refractivity contribution is 7.17. The number of aromatic nitrogens is 2. The number of terminal acetylenes is 1. The van der Waals surface area contributed by atoms with Gasteiger partial charge in [0, 0.05) is 17.9 Å². The molecule has 4 aromatic rings. The van der Waals surface area contributed by atoms with Crippen molar-refractivity contribution in [3.8, 4) is 23.5 Å². The summed E-state index contributed by atoms with van der Waals surface area (Å²) in [6.07, 6.45) is 5.32. The van der Waals surface area contributed by atoms with Crippen molar-refractivity contribution >= 4 is 50.7 Å². The Morgan fingerprint density at radius 2 is 2.00 bits per heavy atom. The maximum Gasteiger partial charge on any atom is 0.321 e. The zero-order chi connectivity index (χ0) is 22.5. The number of hydrogen-bond donors (Lipinski definition) is 2. The highest BCUT2D eigenvalue weighted by atomic mass is 32.1. The van der Waals surface area contributed by atoms with Gasteiger partial charge >= 0.3 is 12.0 Å². The summed E-state index contributed by atoms with van der Waals surface area (Å²) in [6.45, 7) is 1.33. The van der Waals surface area contributed by atoms with Crippen molar-refractivity contribution in [3.63, 3.8) is 0 Å². The van der Waals surface area contributed by atoms with Crippen molar-refractivity contribution in [2.24, 2.45) is 0 Å². The molecule has 7 nitrogen and oxygen atoms in total. The number of nitrogens with zero attached hydrogens (tertiary/aromatic N) is 2. The summed E-state index contributed by atoms with van der Waals surface area (Å²) in [6, 6.07) is 12.8. The minimum atomic E-state index is -0.544. The summed E-state index contributed by atoms with van der Waals surface area (Å²) in [5, 5.41) is 7.61. The van der Waals surface area contributed by atoms with Crippen LogP contribution in [0.2, 0.25) is 0 Å². The zero-order valence-corrected chi connectivity index (χ0v) is 18.6. The van der Waals surface area contributed by atoms with Crippen molar-refractivity contribution in [2.45, 2.75) is 13.0 Å². The minimum Gasteiger partial charge on any atom is -0.463 e. The van der Waals surface area contributed by atoms with Gasteiger partial charge in [-0.05, 0) is 23.1 Å². The predicted octanol–water partition coefficient (Wildman–Crippen LogP) is 4.83. The van der Waals surface area contributed by atoms with Crippen LogP contribution in [0.5, 0.6) is 0 Å². The van der Waals surface area contributed by atoms with E-state index in [1.807, 2.05) is 41.9 Å². The van der Waals surface area contributed by atoms with E-state index in [9.17, 15) is 9.59 Å². The number of fused-ring (bicyclic) bond motifs is 1. The van der Waals surface area contributed by atoms with Crippen LogP contribution in [0.15, 0.2) is 53.4 Å². The van der Waals surface area contributed by atoms with E-state index >= 15 is 0 Å². The number of urea groups is 1. The predicted molar refractivity (Wildman–Crippen MR) is 127 cm³/mol. The second-order valence-corrected chi connectivity index (χ2v) is 8.48. The van der Waals surface area contributed by atoms with Gasteiger partial charge in [-0.2, -0.15) is 0 Å². The van der Waals surface area contributed by atoms with Gasteiger partial charge in [-0.3, -0.25) is 10.1 Å². The number of amides is 2. The molecule has 4 rings (SSSR count). The van der Waals surface area contributed by atoms with E-state index < -0.39 is 18.0 Å². The van der Waals surface area contributed by atoms with Gasteiger partial charge in [0.25, 0.3) is 0 Å². The van der Waals surface area contributed by atoms with Gasteiger partial charge in [0.05, 0.1) is 21.8 Å². The van der Waals surface area contributed by atoms with Gasteiger partial charge in [-0.1, -0.05) is 36.4 Å². The van der Waals surface area contributed by atoms with Gasteiger partial charge < -0.3 is 10.1 Å². The number of carbonyl (C=O) groups is 2. The third kappa shape index (κ3) is 4.94. The number of carbonyl (C=O) groups excluding carboxylic acids is 2. The van der Waals surface area contributed by atoms with Crippen LogP contribution in [0.3, 0.4) is 0 Å². The van der Waals surface area contributed by atoms with E-state index in [-0.39, 0.29) is 6.61 Å². The van der Waals surface area contributed by atoms with Crippen LogP contribution in [-0.4, -0.2) is 28.6 Å². The Bertz CT molecular complexity index is 1300. The lowest BCUT2D eigenvalue weighted by Gasteiger charge is -2.19. The van der Waals surface area contributed by atoms with Crippen molar-refractivity contribution < 1.29 is 14.3 Å². The second-order valence-electron chi connectivity index (χ2n) is 6.76. The summed E-state index contributed by atoms with van der Waals surface area (Å²) in [5.41, 5.74) is 5.70. The lowest BCUT2D eigenvalue weighted by molar-refractivity contribution is -0.141. The number of benzene rings is 2. The molecule has 2 amide bonds. The number of anilines is 1. The van der Waals surface area contributed by atoms with E-state index in [1.165, 1.54) is 18.3 Å². The molecular formula is C23H18N4O3S2. The number of ether oxygens (including phenoxy) is 1. The second kappa shape index (κ2) is 9.60. The lowest BCUT2D eigenvalue weighted by Crippen LogP contribution is -2.35. The Kier molecular flexibility index (Phi) is 6.44. The molecule has 160 valence electrons. The molecule has 0 aliphatic rings. The normalized spacial score (nSPS) is 11.5. The number of nitrogens with one attached hydrogen (secondary N) is 2. The van der Waals surface area contributed by atoms with Crippen LogP contribution in [0, 0.1) is 12.3 Å². The first-order chi connectivity index (χ1) is 15.5. The van der Waals surface area contributed by atoms with Crippen molar-refractivity contribution in [3.05, 3.63) is 63.9 Å². The fourth-order valence-electron chi connectivity index (χ4n) is 3.14. The highest BCUT2D eigenvalue weighted by Gasteiger charge is 2.18. The monoisotopic (exact) mass is 462 g/mol. The molecule has 2 aromatic heterocycles. The first kappa shape index (κ1) is 21.5. The molecule has 1 atom stereocenters. The summed E-state index contributed by atoms with van der Waals surface area (Å²) >= 11 is 2.85. The fourth-order valence-corrected chi connectivity index (χ4v) is 4.52. The standard InChI is InChI=1S/C23H18N4O3S2/c1-3-21-26-20(12-31-21)27-23(29)25-19(11-30-14(2)28)16-9-7-15(8-10-16)17-5-4-6-18-22(17)32-13-24-18/h1,4-10,12-13,19H,11H2,2H3,(H2,25,27,29). The summed E-state index contributed by atoms with van der Waals surface area (Å²) < 4.78 is 6.28. The molecule has 0 spiro atoms. The Hall–Kier alpha value is -3.74. The average molecular weight is 463 g/mol. The summed E-state index contributed by atoms with van der Waals surface area (Å²) in [7, 11) is 0. The molecule has 0 bridgehead atoms. The fraction of sp³-hybridized carbons (Fsp3) is 0.130. The molecular weight excluding hydrogens is 444 g/mol. The molecule has 0 radical (unpaired) electrons.